The Hall–Kier alpha value is -1.23. The second kappa shape index (κ2) is 6.80. The van der Waals surface area contributed by atoms with E-state index >= 15 is 0 Å². The second-order valence-electron chi connectivity index (χ2n) is 4.76. The van der Waals surface area contributed by atoms with Gasteiger partial charge in [-0.15, -0.1) is 0 Å². The van der Waals surface area contributed by atoms with E-state index in [9.17, 15) is 4.79 Å². The molecule has 1 aromatic rings. The van der Waals surface area contributed by atoms with Gasteiger partial charge in [-0.25, -0.2) is 4.79 Å². The minimum absolute atomic E-state index is 0.103. The van der Waals surface area contributed by atoms with Crippen LogP contribution in [-0.2, 0) is 6.54 Å². The van der Waals surface area contributed by atoms with Gasteiger partial charge in [0.1, 0.15) is 5.75 Å². The Labute approximate surface area is 122 Å². The SMILES string of the molecule is COc1ccc(Br)cc1CNC(=O)NC1CCCC1. The number of hydrogen-bond acceptors (Lipinski definition) is 2. The third kappa shape index (κ3) is 4.13. The van der Waals surface area contributed by atoms with E-state index < -0.39 is 0 Å². The van der Waals surface area contributed by atoms with Crippen LogP contribution in [0.2, 0.25) is 0 Å². The molecule has 1 aromatic carbocycles. The highest BCUT2D eigenvalue weighted by molar-refractivity contribution is 9.10. The maximum Gasteiger partial charge on any atom is 0.315 e. The Kier molecular flexibility index (Phi) is 5.07. The minimum Gasteiger partial charge on any atom is -0.496 e. The van der Waals surface area contributed by atoms with Crippen molar-refractivity contribution < 1.29 is 9.53 Å². The first-order valence-corrected chi connectivity index (χ1v) is 7.35. The number of carbonyl (C=O) groups excluding carboxylic acids is 1. The molecule has 19 heavy (non-hydrogen) atoms. The molecule has 1 aliphatic rings. The molecule has 1 fully saturated rings. The number of nitrogens with one attached hydrogen (secondary N) is 2. The maximum atomic E-state index is 11.8. The van der Waals surface area contributed by atoms with Crippen molar-refractivity contribution in [2.75, 3.05) is 7.11 Å². The second-order valence-corrected chi connectivity index (χ2v) is 5.68. The van der Waals surface area contributed by atoms with Crippen molar-refractivity contribution >= 4 is 22.0 Å². The van der Waals surface area contributed by atoms with Crippen molar-refractivity contribution in [3.8, 4) is 5.75 Å². The van der Waals surface area contributed by atoms with Gasteiger partial charge in [0.2, 0.25) is 0 Å². The first-order chi connectivity index (χ1) is 9.19. The molecule has 2 N–H and O–H groups in total. The lowest BCUT2D eigenvalue weighted by atomic mass is 10.2. The zero-order chi connectivity index (χ0) is 13.7. The van der Waals surface area contributed by atoms with Crippen LogP contribution >= 0.6 is 15.9 Å². The maximum absolute atomic E-state index is 11.8. The summed E-state index contributed by atoms with van der Waals surface area (Å²) in [6.07, 6.45) is 4.61. The topological polar surface area (TPSA) is 50.4 Å². The van der Waals surface area contributed by atoms with Crippen LogP contribution < -0.4 is 15.4 Å². The van der Waals surface area contributed by atoms with E-state index in [0.717, 1.165) is 28.6 Å². The molecule has 5 heteroatoms. The van der Waals surface area contributed by atoms with Crippen LogP contribution in [0.15, 0.2) is 22.7 Å². The molecule has 0 heterocycles. The monoisotopic (exact) mass is 326 g/mol. The highest BCUT2D eigenvalue weighted by atomic mass is 79.9. The number of benzene rings is 1. The number of hydrogen-bond donors (Lipinski definition) is 2. The number of carbonyl (C=O) groups is 1. The predicted molar refractivity (Wildman–Crippen MR) is 78.3 cm³/mol. The minimum atomic E-state index is -0.103. The van der Waals surface area contributed by atoms with Crippen LogP contribution in [0.3, 0.4) is 0 Å². The molecule has 0 radical (unpaired) electrons. The molecular weight excluding hydrogens is 308 g/mol. The smallest absolute Gasteiger partial charge is 0.315 e. The van der Waals surface area contributed by atoms with E-state index in [0.29, 0.717) is 12.6 Å². The summed E-state index contributed by atoms with van der Waals surface area (Å²) in [5.74, 6) is 0.782. The van der Waals surface area contributed by atoms with Crippen LogP contribution in [0, 0.1) is 0 Å². The number of ether oxygens (including phenoxy) is 1. The average molecular weight is 327 g/mol. The Morgan fingerprint density at radius 3 is 2.84 bits per heavy atom. The van der Waals surface area contributed by atoms with Crippen LogP contribution in [-0.4, -0.2) is 19.2 Å². The highest BCUT2D eigenvalue weighted by Crippen LogP contribution is 2.22. The summed E-state index contributed by atoms with van der Waals surface area (Å²) in [4.78, 5) is 11.8. The Bertz CT molecular complexity index is 445. The van der Waals surface area contributed by atoms with Gasteiger partial charge >= 0.3 is 6.03 Å². The van der Waals surface area contributed by atoms with Crippen molar-refractivity contribution in [1.82, 2.24) is 10.6 Å². The number of rotatable bonds is 4. The van der Waals surface area contributed by atoms with Crippen LogP contribution in [0.25, 0.3) is 0 Å². The first-order valence-electron chi connectivity index (χ1n) is 6.56. The Morgan fingerprint density at radius 1 is 1.42 bits per heavy atom. The molecule has 0 aromatic heterocycles. The lowest BCUT2D eigenvalue weighted by molar-refractivity contribution is 0.236. The van der Waals surface area contributed by atoms with E-state index in [2.05, 4.69) is 26.6 Å². The summed E-state index contributed by atoms with van der Waals surface area (Å²) in [5, 5.41) is 5.88. The molecule has 0 spiro atoms. The van der Waals surface area contributed by atoms with Crippen molar-refractivity contribution in [3.05, 3.63) is 28.2 Å². The predicted octanol–water partition coefficient (Wildman–Crippen LogP) is 3.20. The molecule has 2 rings (SSSR count). The Morgan fingerprint density at radius 2 is 2.16 bits per heavy atom. The summed E-state index contributed by atoms with van der Waals surface area (Å²) >= 11 is 3.42. The molecule has 0 saturated heterocycles. The quantitative estimate of drug-likeness (QED) is 0.892. The molecule has 1 saturated carbocycles. The van der Waals surface area contributed by atoms with E-state index in [1.807, 2.05) is 18.2 Å². The molecule has 0 atom stereocenters. The van der Waals surface area contributed by atoms with E-state index in [1.165, 1.54) is 12.8 Å². The highest BCUT2D eigenvalue weighted by Gasteiger charge is 2.16. The summed E-state index contributed by atoms with van der Waals surface area (Å²) in [5.41, 5.74) is 0.957. The molecule has 0 unspecified atom stereocenters. The molecule has 0 bridgehead atoms. The van der Waals surface area contributed by atoms with Crippen molar-refractivity contribution in [2.45, 2.75) is 38.3 Å². The summed E-state index contributed by atoms with van der Waals surface area (Å²) in [6.45, 7) is 0.459. The van der Waals surface area contributed by atoms with Gasteiger partial charge in [-0.3, -0.25) is 0 Å². The number of halogens is 1. The van der Waals surface area contributed by atoms with Crippen LogP contribution in [0.4, 0.5) is 4.79 Å². The standard InChI is InChI=1S/C14H19BrN2O2/c1-19-13-7-6-11(15)8-10(13)9-16-14(18)17-12-4-2-3-5-12/h6-8,12H,2-5,9H2,1H3,(H2,16,17,18). The zero-order valence-electron chi connectivity index (χ0n) is 11.0. The molecule has 4 nitrogen and oxygen atoms in total. The van der Waals surface area contributed by atoms with Gasteiger partial charge in [0.15, 0.2) is 0 Å². The number of urea groups is 1. The molecule has 1 aliphatic carbocycles. The number of methoxy groups -OCH3 is 1. The van der Waals surface area contributed by atoms with Crippen LogP contribution in [0.5, 0.6) is 5.75 Å². The third-order valence-corrected chi connectivity index (χ3v) is 3.87. The Balaban J connectivity index is 1.87. The molecular formula is C14H19BrN2O2. The first kappa shape index (κ1) is 14.2. The largest absolute Gasteiger partial charge is 0.496 e. The fourth-order valence-corrected chi connectivity index (χ4v) is 2.78. The number of amides is 2. The van der Waals surface area contributed by atoms with Gasteiger partial charge in [-0.05, 0) is 31.0 Å². The van der Waals surface area contributed by atoms with Crippen molar-refractivity contribution in [2.24, 2.45) is 0 Å². The zero-order valence-corrected chi connectivity index (χ0v) is 12.6. The summed E-state index contributed by atoms with van der Waals surface area (Å²) in [7, 11) is 1.63. The molecule has 0 aliphatic heterocycles. The van der Waals surface area contributed by atoms with Gasteiger partial charge in [0, 0.05) is 22.6 Å². The molecule has 2 amide bonds. The van der Waals surface area contributed by atoms with Gasteiger partial charge in [0.25, 0.3) is 0 Å². The van der Waals surface area contributed by atoms with Gasteiger partial charge < -0.3 is 15.4 Å². The van der Waals surface area contributed by atoms with Crippen molar-refractivity contribution in [3.63, 3.8) is 0 Å². The fourth-order valence-electron chi connectivity index (χ4n) is 2.37. The van der Waals surface area contributed by atoms with Crippen molar-refractivity contribution in [1.29, 1.82) is 0 Å². The fraction of sp³-hybridized carbons (Fsp3) is 0.500. The van der Waals surface area contributed by atoms with E-state index in [1.54, 1.807) is 7.11 Å². The normalized spacial score (nSPS) is 15.3. The summed E-state index contributed by atoms with van der Waals surface area (Å²) < 4.78 is 6.25. The lowest BCUT2D eigenvalue weighted by Gasteiger charge is -2.14. The van der Waals surface area contributed by atoms with Gasteiger partial charge in [-0.2, -0.15) is 0 Å². The van der Waals surface area contributed by atoms with Gasteiger partial charge in [-0.1, -0.05) is 28.8 Å². The van der Waals surface area contributed by atoms with E-state index in [-0.39, 0.29) is 6.03 Å². The third-order valence-electron chi connectivity index (χ3n) is 3.37. The van der Waals surface area contributed by atoms with Gasteiger partial charge in [0.05, 0.1) is 7.11 Å². The average Bonchev–Trinajstić information content (AvgIpc) is 2.89. The molecule has 104 valence electrons. The lowest BCUT2D eigenvalue weighted by Crippen LogP contribution is -2.40. The van der Waals surface area contributed by atoms with E-state index in [4.69, 9.17) is 4.74 Å². The van der Waals surface area contributed by atoms with Crippen LogP contribution in [0.1, 0.15) is 31.2 Å². The summed E-state index contributed by atoms with van der Waals surface area (Å²) in [6, 6.07) is 5.99.